The Labute approximate surface area is 99.1 Å². The molecule has 0 amide bonds. The van der Waals surface area contributed by atoms with Crippen molar-refractivity contribution in [3.63, 3.8) is 0 Å². The van der Waals surface area contributed by atoms with E-state index in [-0.39, 0.29) is 0 Å². The number of pyridine rings is 1. The fourth-order valence-corrected chi connectivity index (χ4v) is 2.20. The molecule has 5 heteroatoms. The van der Waals surface area contributed by atoms with Crippen LogP contribution in [0.2, 0.25) is 0 Å². The first-order valence-corrected chi connectivity index (χ1v) is 5.82. The van der Waals surface area contributed by atoms with Crippen LogP contribution < -0.4 is 10.0 Å². The van der Waals surface area contributed by atoms with Crippen LogP contribution in [0.15, 0.2) is 30.7 Å². The summed E-state index contributed by atoms with van der Waals surface area (Å²) in [6, 6.07) is 4.07. The van der Waals surface area contributed by atoms with E-state index in [2.05, 4.69) is 15.3 Å². The molecule has 0 aliphatic carbocycles. The molecule has 1 aliphatic rings. The molecule has 0 bridgehead atoms. The van der Waals surface area contributed by atoms with Gasteiger partial charge in [-0.1, -0.05) is 0 Å². The minimum Gasteiger partial charge on any atom is -0.340 e. The molecule has 5 nitrogen and oxygen atoms in total. The maximum Gasteiger partial charge on any atom is 0.231 e. The second-order valence-electron chi connectivity index (χ2n) is 4.30. The lowest BCUT2D eigenvalue weighted by Crippen LogP contribution is -2.28. The molecule has 0 unspecified atom stereocenters. The Balaban J connectivity index is 1.89. The van der Waals surface area contributed by atoms with E-state index in [4.69, 9.17) is 0 Å². The minimum absolute atomic E-state index is 0.341. The summed E-state index contributed by atoms with van der Waals surface area (Å²) in [6.07, 6.45) is 7.37. The van der Waals surface area contributed by atoms with E-state index in [0.717, 1.165) is 34.8 Å². The second kappa shape index (κ2) is 4.18. The zero-order valence-electron chi connectivity index (χ0n) is 9.43. The zero-order chi connectivity index (χ0) is 11.7. The van der Waals surface area contributed by atoms with Gasteiger partial charge in [-0.2, -0.15) is 0 Å². The maximum atomic E-state index is 9.36. The number of aromatic nitrogens is 3. The van der Waals surface area contributed by atoms with Gasteiger partial charge in [-0.3, -0.25) is 5.21 Å². The molecule has 1 aliphatic heterocycles. The number of H-pyrrole nitrogens is 1. The standard InChI is InChI=1S/C12H15N4O/c17-16-6-2-3-9(8-16)11-7-14-12(15-11)10-4-1-5-13-10/h2-3,6-8,10,13,17H,1,4-5H2,(H,14,15)/q+1/t10-/m0/s1. The molecular weight excluding hydrogens is 216 g/mol. The summed E-state index contributed by atoms with van der Waals surface area (Å²) in [6.45, 7) is 1.06. The average Bonchev–Trinajstić information content (AvgIpc) is 3.00. The first-order chi connectivity index (χ1) is 8.33. The highest BCUT2D eigenvalue weighted by molar-refractivity contribution is 5.55. The van der Waals surface area contributed by atoms with Gasteiger partial charge in [-0.15, -0.1) is 0 Å². The van der Waals surface area contributed by atoms with Gasteiger partial charge >= 0.3 is 0 Å². The highest BCUT2D eigenvalue weighted by atomic mass is 16.5. The van der Waals surface area contributed by atoms with Gasteiger partial charge in [-0.05, 0) is 25.5 Å². The third-order valence-electron chi connectivity index (χ3n) is 3.08. The topological polar surface area (TPSA) is 64.8 Å². The monoisotopic (exact) mass is 231 g/mol. The molecule has 0 spiro atoms. The van der Waals surface area contributed by atoms with Gasteiger partial charge in [0, 0.05) is 10.8 Å². The molecule has 88 valence electrons. The molecule has 2 aromatic rings. The van der Waals surface area contributed by atoms with E-state index in [1.807, 2.05) is 12.3 Å². The molecule has 0 aromatic carbocycles. The Morgan fingerprint density at radius 3 is 3.18 bits per heavy atom. The summed E-state index contributed by atoms with van der Waals surface area (Å²) in [5.74, 6) is 0.978. The van der Waals surface area contributed by atoms with Crippen molar-refractivity contribution in [2.24, 2.45) is 0 Å². The molecule has 1 saturated heterocycles. The number of hydrogen-bond acceptors (Lipinski definition) is 3. The van der Waals surface area contributed by atoms with Crippen molar-refractivity contribution in [3.05, 3.63) is 36.5 Å². The SMILES string of the molecule is O[n+]1cccc(-c2cnc([C@@H]3CCCN3)[nH]2)c1. The Morgan fingerprint density at radius 1 is 1.47 bits per heavy atom. The summed E-state index contributed by atoms with van der Waals surface area (Å²) in [4.78, 5) is 7.70. The van der Waals surface area contributed by atoms with Crippen LogP contribution in [-0.4, -0.2) is 21.7 Å². The predicted octanol–water partition coefficient (Wildman–Crippen LogP) is 1.03. The van der Waals surface area contributed by atoms with Crippen LogP contribution in [0.4, 0.5) is 0 Å². The van der Waals surface area contributed by atoms with Crippen molar-refractivity contribution >= 4 is 0 Å². The molecule has 0 saturated carbocycles. The number of nitrogens with one attached hydrogen (secondary N) is 2. The molecule has 2 aromatic heterocycles. The summed E-state index contributed by atoms with van der Waals surface area (Å²) in [7, 11) is 0. The molecule has 3 rings (SSSR count). The third kappa shape index (κ3) is 2.01. The van der Waals surface area contributed by atoms with Crippen molar-refractivity contribution in [1.29, 1.82) is 0 Å². The average molecular weight is 231 g/mol. The van der Waals surface area contributed by atoms with Crippen LogP contribution in [0, 0.1) is 0 Å². The first kappa shape index (κ1) is 10.3. The molecule has 3 N–H and O–H groups in total. The van der Waals surface area contributed by atoms with E-state index < -0.39 is 0 Å². The summed E-state index contributed by atoms with van der Waals surface area (Å²) >= 11 is 0. The largest absolute Gasteiger partial charge is 0.340 e. The Bertz CT molecular complexity index is 517. The molecule has 17 heavy (non-hydrogen) atoms. The number of aromatic amines is 1. The van der Waals surface area contributed by atoms with Crippen LogP contribution in [0.3, 0.4) is 0 Å². The lowest BCUT2D eigenvalue weighted by molar-refractivity contribution is -0.904. The van der Waals surface area contributed by atoms with Gasteiger partial charge in [0.05, 0.1) is 23.5 Å². The fraction of sp³-hybridized carbons (Fsp3) is 0.333. The fourth-order valence-electron chi connectivity index (χ4n) is 2.20. The van der Waals surface area contributed by atoms with Crippen LogP contribution in [0.1, 0.15) is 24.7 Å². The highest BCUT2D eigenvalue weighted by Gasteiger charge is 2.19. The quantitative estimate of drug-likeness (QED) is 0.534. The van der Waals surface area contributed by atoms with Crippen molar-refractivity contribution < 1.29 is 9.94 Å². The third-order valence-corrected chi connectivity index (χ3v) is 3.08. The van der Waals surface area contributed by atoms with Crippen molar-refractivity contribution in [3.8, 4) is 11.3 Å². The highest BCUT2D eigenvalue weighted by Crippen LogP contribution is 2.23. The van der Waals surface area contributed by atoms with Crippen LogP contribution in [0.25, 0.3) is 11.3 Å². The number of imidazole rings is 1. The second-order valence-corrected chi connectivity index (χ2v) is 4.30. The number of nitrogens with zero attached hydrogens (tertiary/aromatic N) is 2. The van der Waals surface area contributed by atoms with Crippen LogP contribution in [-0.2, 0) is 0 Å². The van der Waals surface area contributed by atoms with E-state index >= 15 is 0 Å². The van der Waals surface area contributed by atoms with Crippen molar-refractivity contribution in [2.45, 2.75) is 18.9 Å². The van der Waals surface area contributed by atoms with E-state index in [1.54, 1.807) is 18.5 Å². The first-order valence-electron chi connectivity index (χ1n) is 5.82. The molecule has 1 fully saturated rings. The van der Waals surface area contributed by atoms with E-state index in [1.165, 1.54) is 6.42 Å². The molecule has 1 atom stereocenters. The minimum atomic E-state index is 0.341. The summed E-state index contributed by atoms with van der Waals surface area (Å²) < 4.78 is 1.05. The normalized spacial score (nSPS) is 19.6. The molecular formula is C12H15N4O+. The van der Waals surface area contributed by atoms with E-state index in [9.17, 15) is 5.21 Å². The van der Waals surface area contributed by atoms with Gasteiger partial charge in [0.2, 0.25) is 12.4 Å². The van der Waals surface area contributed by atoms with Crippen LogP contribution >= 0.6 is 0 Å². The molecule has 0 radical (unpaired) electrons. The van der Waals surface area contributed by atoms with Crippen molar-refractivity contribution in [1.82, 2.24) is 15.3 Å². The Hall–Kier alpha value is -1.88. The Morgan fingerprint density at radius 2 is 2.41 bits per heavy atom. The number of hydrogen-bond donors (Lipinski definition) is 3. The Kier molecular flexibility index (Phi) is 2.53. The van der Waals surface area contributed by atoms with Gasteiger partial charge in [0.1, 0.15) is 5.82 Å². The maximum absolute atomic E-state index is 9.36. The predicted molar refractivity (Wildman–Crippen MR) is 61.4 cm³/mol. The molecule has 3 heterocycles. The number of rotatable bonds is 2. The smallest absolute Gasteiger partial charge is 0.231 e. The van der Waals surface area contributed by atoms with Gasteiger partial charge < -0.3 is 10.3 Å². The van der Waals surface area contributed by atoms with Crippen LogP contribution in [0.5, 0.6) is 0 Å². The van der Waals surface area contributed by atoms with E-state index in [0.29, 0.717) is 6.04 Å². The lowest BCUT2D eigenvalue weighted by Gasteiger charge is -2.05. The lowest BCUT2D eigenvalue weighted by atomic mass is 10.2. The van der Waals surface area contributed by atoms with Crippen molar-refractivity contribution in [2.75, 3.05) is 6.54 Å². The zero-order valence-corrected chi connectivity index (χ0v) is 9.43. The summed E-state index contributed by atoms with van der Waals surface area (Å²) in [5, 5.41) is 12.8. The van der Waals surface area contributed by atoms with Gasteiger partial charge in [0.15, 0.2) is 0 Å². The van der Waals surface area contributed by atoms with Gasteiger partial charge in [0.25, 0.3) is 0 Å². The van der Waals surface area contributed by atoms with Gasteiger partial charge in [-0.25, -0.2) is 4.98 Å². The summed E-state index contributed by atoms with van der Waals surface area (Å²) in [5.41, 5.74) is 1.85.